The van der Waals surface area contributed by atoms with E-state index in [2.05, 4.69) is 41.2 Å². The van der Waals surface area contributed by atoms with Crippen LogP contribution in [0.2, 0.25) is 5.28 Å². The molecule has 0 aliphatic rings. The highest BCUT2D eigenvalue weighted by Gasteiger charge is 2.07. The molecule has 1 unspecified atom stereocenters. The van der Waals surface area contributed by atoms with E-state index in [1.807, 2.05) is 6.92 Å². The molecule has 0 spiro atoms. The minimum atomic E-state index is 0.285. The quantitative estimate of drug-likeness (QED) is 0.804. The molecule has 0 radical (unpaired) electrons. The Bertz CT molecular complexity index is 341. The molecule has 0 aliphatic carbocycles. The summed E-state index contributed by atoms with van der Waals surface area (Å²) in [5, 5.41) is 3.63. The van der Waals surface area contributed by atoms with Crippen LogP contribution < -0.4 is 5.32 Å². The van der Waals surface area contributed by atoms with Gasteiger partial charge in [-0.2, -0.15) is 0 Å². The van der Waals surface area contributed by atoms with E-state index in [0.717, 1.165) is 24.3 Å². The highest BCUT2D eigenvalue weighted by atomic mass is 35.5. The zero-order valence-corrected chi connectivity index (χ0v) is 11.0. The summed E-state index contributed by atoms with van der Waals surface area (Å²) < 4.78 is 0. The first-order valence-electron chi connectivity index (χ1n) is 5.39. The van der Waals surface area contributed by atoms with Crippen LogP contribution in [0.25, 0.3) is 0 Å². The van der Waals surface area contributed by atoms with E-state index >= 15 is 0 Å². The molecule has 0 saturated carbocycles. The van der Waals surface area contributed by atoms with Crippen molar-refractivity contribution in [2.45, 2.75) is 26.3 Å². The number of aromatic nitrogens is 2. The Kier molecular flexibility index (Phi) is 4.96. The maximum Gasteiger partial charge on any atom is 0.224 e. The minimum absolute atomic E-state index is 0.285. The summed E-state index contributed by atoms with van der Waals surface area (Å²) in [7, 11) is 4.14. The van der Waals surface area contributed by atoms with Gasteiger partial charge in [-0.25, -0.2) is 9.97 Å². The molecule has 90 valence electrons. The summed E-state index contributed by atoms with van der Waals surface area (Å²) in [6.45, 7) is 5.16. The topological polar surface area (TPSA) is 41.1 Å². The molecule has 1 N–H and O–H groups in total. The third-order valence-electron chi connectivity index (χ3n) is 2.33. The lowest BCUT2D eigenvalue weighted by atomic mass is 10.2. The Morgan fingerprint density at radius 2 is 2.19 bits per heavy atom. The molecule has 0 fully saturated rings. The molecular weight excluding hydrogens is 224 g/mol. The number of hydrogen-bond donors (Lipinski definition) is 1. The Balaban J connectivity index is 2.55. The van der Waals surface area contributed by atoms with E-state index in [0.29, 0.717) is 6.04 Å². The molecule has 0 amide bonds. The number of anilines is 1. The lowest BCUT2D eigenvalue weighted by Crippen LogP contribution is -2.23. The highest BCUT2D eigenvalue weighted by Crippen LogP contribution is 2.14. The zero-order chi connectivity index (χ0) is 12.1. The average Bonchev–Trinajstić information content (AvgIpc) is 2.20. The van der Waals surface area contributed by atoms with Crippen LogP contribution in [0.1, 0.15) is 18.9 Å². The van der Waals surface area contributed by atoms with E-state index in [9.17, 15) is 0 Å². The van der Waals surface area contributed by atoms with Crippen LogP contribution in [0.3, 0.4) is 0 Å². The van der Waals surface area contributed by atoms with Gasteiger partial charge < -0.3 is 10.2 Å². The fourth-order valence-electron chi connectivity index (χ4n) is 1.32. The molecule has 16 heavy (non-hydrogen) atoms. The van der Waals surface area contributed by atoms with Crippen LogP contribution in [-0.2, 0) is 0 Å². The van der Waals surface area contributed by atoms with Gasteiger partial charge in [0.25, 0.3) is 0 Å². The van der Waals surface area contributed by atoms with Crippen molar-refractivity contribution in [3.05, 3.63) is 17.0 Å². The maximum absolute atomic E-state index is 5.76. The summed E-state index contributed by atoms with van der Waals surface area (Å²) in [5.74, 6) is 0.825. The van der Waals surface area contributed by atoms with E-state index in [1.54, 1.807) is 6.20 Å². The SMILES string of the molecule is Cc1cnc(Cl)nc1NC(C)CCN(C)C. The second-order valence-electron chi connectivity index (χ2n) is 4.31. The lowest BCUT2D eigenvalue weighted by molar-refractivity contribution is 0.390. The summed E-state index contributed by atoms with van der Waals surface area (Å²) in [6, 6.07) is 0.368. The van der Waals surface area contributed by atoms with Crippen LogP contribution in [0, 0.1) is 6.92 Å². The Morgan fingerprint density at radius 1 is 1.50 bits per heavy atom. The lowest BCUT2D eigenvalue weighted by Gasteiger charge is -2.18. The van der Waals surface area contributed by atoms with Gasteiger partial charge in [0.15, 0.2) is 0 Å². The molecule has 1 atom stereocenters. The van der Waals surface area contributed by atoms with Gasteiger partial charge in [0.2, 0.25) is 5.28 Å². The summed E-state index contributed by atoms with van der Waals surface area (Å²) in [5.41, 5.74) is 1.01. The molecule has 0 aliphatic heterocycles. The van der Waals surface area contributed by atoms with Crippen molar-refractivity contribution in [1.29, 1.82) is 0 Å². The molecule has 1 aromatic heterocycles. The number of aryl methyl sites for hydroxylation is 1. The Labute approximate surface area is 102 Å². The predicted octanol–water partition coefficient (Wildman–Crippen LogP) is 2.19. The average molecular weight is 243 g/mol. The highest BCUT2D eigenvalue weighted by molar-refractivity contribution is 6.28. The molecule has 1 heterocycles. The molecule has 4 nitrogen and oxygen atoms in total. The van der Waals surface area contributed by atoms with Gasteiger partial charge in [0, 0.05) is 17.8 Å². The normalized spacial score (nSPS) is 12.9. The van der Waals surface area contributed by atoms with Gasteiger partial charge in [0.1, 0.15) is 5.82 Å². The van der Waals surface area contributed by atoms with E-state index in [4.69, 9.17) is 11.6 Å². The van der Waals surface area contributed by atoms with Crippen LogP contribution >= 0.6 is 11.6 Å². The third kappa shape index (κ3) is 4.33. The summed E-state index contributed by atoms with van der Waals surface area (Å²) in [6.07, 6.45) is 2.80. The van der Waals surface area contributed by atoms with Crippen molar-refractivity contribution < 1.29 is 0 Å². The van der Waals surface area contributed by atoms with E-state index < -0.39 is 0 Å². The molecular formula is C11H19ClN4. The van der Waals surface area contributed by atoms with Gasteiger partial charge in [-0.05, 0) is 52.5 Å². The summed E-state index contributed by atoms with van der Waals surface area (Å²) >= 11 is 5.76. The molecule has 1 aromatic rings. The molecule has 1 rings (SSSR count). The largest absolute Gasteiger partial charge is 0.367 e. The standard InChI is InChI=1S/C11H19ClN4/c1-8-7-13-11(12)15-10(8)14-9(2)5-6-16(3)4/h7,9H,5-6H2,1-4H3,(H,13,14,15). The Hall–Kier alpha value is -0.870. The van der Waals surface area contributed by atoms with Crippen molar-refractivity contribution in [3.8, 4) is 0 Å². The molecule has 0 bridgehead atoms. The second kappa shape index (κ2) is 6.01. The fraction of sp³-hybridized carbons (Fsp3) is 0.636. The van der Waals surface area contributed by atoms with E-state index in [1.165, 1.54) is 0 Å². The number of nitrogens with zero attached hydrogens (tertiary/aromatic N) is 3. The van der Waals surface area contributed by atoms with Gasteiger partial charge in [-0.15, -0.1) is 0 Å². The summed E-state index contributed by atoms with van der Waals surface area (Å²) in [4.78, 5) is 10.3. The van der Waals surface area contributed by atoms with Crippen molar-refractivity contribution in [2.24, 2.45) is 0 Å². The monoisotopic (exact) mass is 242 g/mol. The first-order chi connectivity index (χ1) is 7.49. The van der Waals surface area contributed by atoms with Crippen molar-refractivity contribution in [1.82, 2.24) is 14.9 Å². The number of halogens is 1. The zero-order valence-electron chi connectivity index (χ0n) is 10.3. The second-order valence-corrected chi connectivity index (χ2v) is 4.65. The third-order valence-corrected chi connectivity index (χ3v) is 2.52. The van der Waals surface area contributed by atoms with Crippen molar-refractivity contribution >= 4 is 17.4 Å². The van der Waals surface area contributed by atoms with Gasteiger partial charge in [-0.1, -0.05) is 0 Å². The Morgan fingerprint density at radius 3 is 2.81 bits per heavy atom. The first kappa shape index (κ1) is 13.2. The van der Waals surface area contributed by atoms with Gasteiger partial charge in [-0.3, -0.25) is 0 Å². The van der Waals surface area contributed by atoms with E-state index in [-0.39, 0.29) is 5.28 Å². The van der Waals surface area contributed by atoms with Gasteiger partial charge >= 0.3 is 0 Å². The van der Waals surface area contributed by atoms with Crippen LogP contribution in [0.5, 0.6) is 0 Å². The van der Waals surface area contributed by atoms with Crippen LogP contribution in [0.4, 0.5) is 5.82 Å². The fourth-order valence-corrected chi connectivity index (χ4v) is 1.46. The molecule has 0 aromatic carbocycles. The maximum atomic E-state index is 5.76. The van der Waals surface area contributed by atoms with Crippen molar-refractivity contribution in [2.75, 3.05) is 26.0 Å². The number of hydrogen-bond acceptors (Lipinski definition) is 4. The van der Waals surface area contributed by atoms with Gasteiger partial charge in [0.05, 0.1) is 0 Å². The molecule has 0 saturated heterocycles. The number of rotatable bonds is 5. The van der Waals surface area contributed by atoms with Crippen molar-refractivity contribution in [3.63, 3.8) is 0 Å². The minimum Gasteiger partial charge on any atom is -0.367 e. The first-order valence-corrected chi connectivity index (χ1v) is 5.77. The predicted molar refractivity (Wildman–Crippen MR) is 68.0 cm³/mol. The van der Waals surface area contributed by atoms with Crippen LogP contribution in [-0.4, -0.2) is 41.5 Å². The number of nitrogens with one attached hydrogen (secondary N) is 1. The molecule has 5 heteroatoms. The smallest absolute Gasteiger partial charge is 0.224 e. The van der Waals surface area contributed by atoms with Crippen LogP contribution in [0.15, 0.2) is 6.20 Å².